The van der Waals surface area contributed by atoms with Gasteiger partial charge in [0.05, 0.1) is 15.9 Å². The topological polar surface area (TPSA) is 43.2 Å². The highest BCUT2D eigenvalue weighted by Crippen LogP contribution is 2.26. The highest BCUT2D eigenvalue weighted by atomic mass is 79.9. The number of rotatable bonds is 3. The molecule has 2 heterocycles. The van der Waals surface area contributed by atoms with E-state index in [4.69, 9.17) is 0 Å². The molecule has 0 aromatic carbocycles. The number of allylic oxidation sites excluding steroid dienone is 2. The van der Waals surface area contributed by atoms with Crippen molar-refractivity contribution in [1.29, 1.82) is 0 Å². The van der Waals surface area contributed by atoms with Gasteiger partial charge in [0.15, 0.2) is 5.78 Å². The normalized spacial score (nSPS) is 24.3. The van der Waals surface area contributed by atoms with Crippen LogP contribution in [0, 0.1) is 0 Å². The van der Waals surface area contributed by atoms with Crippen LogP contribution in [0.1, 0.15) is 46.0 Å². The second-order valence-corrected chi connectivity index (χ2v) is 6.04. The first-order valence-corrected chi connectivity index (χ1v) is 7.17. The van der Waals surface area contributed by atoms with Crippen molar-refractivity contribution in [2.75, 3.05) is 6.54 Å². The molecule has 0 spiro atoms. The summed E-state index contributed by atoms with van der Waals surface area (Å²) in [4.78, 5) is 17.8. The Morgan fingerprint density at radius 1 is 1.39 bits per heavy atom. The quantitative estimate of drug-likeness (QED) is 0.737. The van der Waals surface area contributed by atoms with E-state index in [-0.39, 0.29) is 23.0 Å². The number of ketones is 1. The zero-order valence-electron chi connectivity index (χ0n) is 11.0. The van der Waals surface area contributed by atoms with Gasteiger partial charge >= 0.3 is 0 Å². The summed E-state index contributed by atoms with van der Waals surface area (Å²) in [6, 6.07) is 0.0574. The second kappa shape index (κ2) is 7.46. The van der Waals surface area contributed by atoms with Crippen molar-refractivity contribution in [2.24, 2.45) is 0 Å². The number of nitrogens with zero attached hydrogens (tertiary/aromatic N) is 1. The number of hydrogen-bond donors (Lipinski definition) is 1. The Bertz CT molecular complexity index is 371. The molecule has 1 unspecified atom stereocenters. The van der Waals surface area contributed by atoms with E-state index in [1.54, 1.807) is 11.8 Å². The molecule has 5 heteroatoms. The summed E-state index contributed by atoms with van der Waals surface area (Å²) in [5.74, 6) is 0.306. The lowest BCUT2D eigenvalue weighted by molar-refractivity contribution is -0.119. The Morgan fingerprint density at radius 2 is 2.17 bits per heavy atom. The molecule has 0 bridgehead atoms. The Hall–Kier alpha value is -0.130. The van der Waals surface area contributed by atoms with Gasteiger partial charge in [-0.25, -0.2) is 0 Å². The molecule has 0 saturated carbocycles. The number of hydrogen-bond acceptors (Lipinski definition) is 4. The third kappa shape index (κ3) is 4.21. The average molecular weight is 332 g/mol. The Kier molecular flexibility index (Phi) is 6.60. The summed E-state index contributed by atoms with van der Waals surface area (Å²) >= 11 is 1.65. The van der Waals surface area contributed by atoms with Crippen LogP contribution in [0.25, 0.3) is 0 Å². The van der Waals surface area contributed by atoms with Crippen molar-refractivity contribution >= 4 is 22.6 Å². The van der Waals surface area contributed by atoms with Crippen molar-refractivity contribution in [3.8, 4) is 0 Å². The number of carbonyl (C=O) groups is 1. The molecule has 18 heavy (non-hydrogen) atoms. The summed E-state index contributed by atoms with van der Waals surface area (Å²) in [6.45, 7) is 5.04. The molecule has 0 aliphatic carbocycles. The number of Topliss-reactive ketones (excluding diaryl/α,β-unsaturated/α-hetero) is 1. The molecule has 1 atom stereocenters. The van der Waals surface area contributed by atoms with E-state index in [2.05, 4.69) is 17.2 Å². The van der Waals surface area contributed by atoms with Gasteiger partial charge in [-0.2, -0.15) is 0 Å². The first kappa shape index (κ1) is 15.9. The highest BCUT2D eigenvalue weighted by molar-refractivity contribution is 8.17. The lowest BCUT2D eigenvalue weighted by Gasteiger charge is -2.12. The summed E-state index contributed by atoms with van der Waals surface area (Å²) in [5, 5.41) is 4.32. The van der Waals surface area contributed by atoms with Crippen LogP contribution in [0.3, 0.4) is 0 Å². The zero-order valence-corrected chi connectivity index (χ0v) is 13.4. The Balaban J connectivity index is 0.00000162. The van der Waals surface area contributed by atoms with E-state index in [1.807, 2.05) is 6.92 Å². The van der Waals surface area contributed by atoms with Crippen LogP contribution in [0.5, 0.6) is 0 Å². The summed E-state index contributed by atoms with van der Waals surface area (Å²) < 4.78 is 0. The highest BCUT2D eigenvalue weighted by Gasteiger charge is 2.30. The first-order chi connectivity index (χ1) is 8.16. The van der Waals surface area contributed by atoms with Crippen LogP contribution in [-0.4, -0.2) is 23.4 Å². The molecule has 1 N–H and O–H groups in total. The molecule has 0 aromatic heterocycles. The van der Waals surface area contributed by atoms with Crippen molar-refractivity contribution in [3.05, 3.63) is 10.6 Å². The second-order valence-electron chi connectivity index (χ2n) is 4.75. The van der Waals surface area contributed by atoms with Gasteiger partial charge in [0, 0.05) is 6.92 Å². The summed E-state index contributed by atoms with van der Waals surface area (Å²) in [5.41, 5.74) is 1.06. The first-order valence-electron chi connectivity index (χ1n) is 6.36. The van der Waals surface area contributed by atoms with Crippen molar-refractivity contribution in [2.45, 2.75) is 52.0 Å². The molecule has 0 aromatic rings. The Labute approximate surface area is 124 Å². The molecule has 1 fully saturated rings. The number of nitrogens with one attached hydrogen (secondary N) is 1. The van der Waals surface area contributed by atoms with Crippen molar-refractivity contribution < 1.29 is 21.8 Å². The van der Waals surface area contributed by atoms with Gasteiger partial charge in [-0.3, -0.25) is 4.79 Å². The molecule has 2 aliphatic heterocycles. The molecule has 1 saturated heterocycles. The van der Waals surface area contributed by atoms with Gasteiger partial charge in [-0.15, -0.1) is 0 Å². The molecule has 2 rings (SSSR count). The minimum atomic E-state index is 0. The predicted octanol–water partition coefficient (Wildman–Crippen LogP) is -0.786. The van der Waals surface area contributed by atoms with Gasteiger partial charge in [0.25, 0.3) is 10.7 Å². The van der Waals surface area contributed by atoms with Gasteiger partial charge in [0.2, 0.25) is 0 Å². The number of aliphatic imine (C=N–C) groups is 1. The minimum Gasteiger partial charge on any atom is -1.00 e. The van der Waals surface area contributed by atoms with Crippen LogP contribution in [0.4, 0.5) is 0 Å². The summed E-state index contributed by atoms with van der Waals surface area (Å²) in [6.07, 6.45) is 5.09. The predicted molar refractivity (Wildman–Crippen MR) is 73.0 cm³/mol. The van der Waals surface area contributed by atoms with E-state index in [0.29, 0.717) is 12.2 Å². The van der Waals surface area contributed by atoms with Gasteiger partial charge in [0.1, 0.15) is 6.42 Å². The number of carbonyl (C=O) groups excluding carboxylic acids is 1. The maximum atomic E-state index is 12.1. The third-order valence-electron chi connectivity index (χ3n) is 3.35. The lowest BCUT2D eigenvalue weighted by Crippen LogP contribution is -3.00. The van der Waals surface area contributed by atoms with Crippen LogP contribution in [0.15, 0.2) is 10.6 Å². The van der Waals surface area contributed by atoms with Gasteiger partial charge in [-0.1, -0.05) is 12.8 Å². The average Bonchev–Trinajstić information content (AvgIpc) is 2.54. The largest absolute Gasteiger partial charge is 1.00 e. The molecule has 2 aliphatic rings. The van der Waals surface area contributed by atoms with Crippen LogP contribution in [0.2, 0.25) is 0 Å². The molecule has 3 nitrogen and oxygen atoms in total. The Morgan fingerprint density at radius 3 is 2.83 bits per heavy atom. The zero-order chi connectivity index (χ0) is 12.3. The molecule has 1 radical (unpaired) electrons. The monoisotopic (exact) mass is 331 g/mol. The minimum absolute atomic E-state index is 0. The van der Waals surface area contributed by atoms with E-state index in [9.17, 15) is 4.79 Å². The van der Waals surface area contributed by atoms with Crippen molar-refractivity contribution in [3.63, 3.8) is 0 Å². The van der Waals surface area contributed by atoms with E-state index in [1.165, 1.54) is 24.2 Å². The van der Waals surface area contributed by atoms with Gasteiger partial charge in [-0.05, 0) is 38.1 Å². The molecule has 101 valence electrons. The van der Waals surface area contributed by atoms with Crippen LogP contribution >= 0.6 is 11.8 Å². The fraction of sp³-hybridized carbons (Fsp3) is 0.692. The van der Waals surface area contributed by atoms with Crippen molar-refractivity contribution in [1.82, 2.24) is 10.3 Å². The maximum absolute atomic E-state index is 12.1. The maximum Gasteiger partial charge on any atom is 0.299 e. The molecule has 0 amide bonds. The van der Waals surface area contributed by atoms with Crippen LogP contribution < -0.4 is 27.3 Å². The molecular formula is C13H20BrN2OS. The van der Waals surface area contributed by atoms with Gasteiger partial charge < -0.3 is 22.3 Å². The number of halogens is 1. The fourth-order valence-corrected chi connectivity index (χ4v) is 3.13. The smallest absolute Gasteiger partial charge is 0.299 e. The van der Waals surface area contributed by atoms with E-state index >= 15 is 0 Å². The number of thioether (sulfide) groups is 1. The summed E-state index contributed by atoms with van der Waals surface area (Å²) in [7, 11) is 0. The van der Waals surface area contributed by atoms with Crippen LogP contribution in [-0.2, 0) is 4.79 Å². The van der Waals surface area contributed by atoms with E-state index < -0.39 is 0 Å². The third-order valence-corrected chi connectivity index (χ3v) is 4.42. The fourth-order valence-electron chi connectivity index (χ4n) is 2.19. The SMILES string of the molecule is CC1=C(C)SC(CC(=O)C2CCCCCN2)=[N+]1.[Br-]. The van der Waals surface area contributed by atoms with E-state index in [0.717, 1.165) is 23.7 Å². The molecular weight excluding hydrogens is 312 g/mol. The standard InChI is InChI=1S/C13H20N2OS.BrH/c1-9-10(2)17-13(15-9)8-12(16)11-6-4-3-5-7-14-11;/h11,14H,3-8H2,1-2H3;1H/q+1;/p-1. The lowest BCUT2D eigenvalue weighted by atomic mass is 10.0.